The number of nitrogens with zero attached hydrogens (tertiary/aromatic N) is 4. The number of tetrazole rings is 1. The monoisotopic (exact) mass is 261 g/mol. The molecule has 0 saturated carbocycles. The fraction of sp³-hybridized carbons (Fsp3) is 0.900. The first kappa shape index (κ1) is 14.3. The molecule has 2 heterocycles. The second-order valence-electron chi connectivity index (χ2n) is 4.17. The lowest BCUT2D eigenvalue weighted by Gasteiger charge is -2.22. The summed E-state index contributed by atoms with van der Waals surface area (Å²) in [5.74, 6) is 0.693. The van der Waals surface area contributed by atoms with Crippen molar-refractivity contribution in [3.05, 3.63) is 6.33 Å². The molecule has 98 valence electrons. The van der Waals surface area contributed by atoms with E-state index < -0.39 is 0 Å². The average molecular weight is 262 g/mol. The second-order valence-corrected chi connectivity index (χ2v) is 4.17. The van der Waals surface area contributed by atoms with Gasteiger partial charge in [0.1, 0.15) is 0 Å². The molecule has 1 fully saturated rings. The van der Waals surface area contributed by atoms with Gasteiger partial charge in [-0.25, -0.2) is 0 Å². The van der Waals surface area contributed by atoms with Gasteiger partial charge in [-0.2, -0.15) is 4.80 Å². The Morgan fingerprint density at radius 3 is 3.12 bits per heavy atom. The van der Waals surface area contributed by atoms with E-state index in [-0.39, 0.29) is 12.4 Å². The van der Waals surface area contributed by atoms with Gasteiger partial charge in [0.2, 0.25) is 0 Å². The van der Waals surface area contributed by atoms with E-state index >= 15 is 0 Å². The predicted octanol–water partition coefficient (Wildman–Crippen LogP) is 0.501. The van der Waals surface area contributed by atoms with Gasteiger partial charge >= 0.3 is 0 Å². The van der Waals surface area contributed by atoms with Crippen molar-refractivity contribution in [3.8, 4) is 0 Å². The summed E-state index contributed by atoms with van der Waals surface area (Å²) in [6.45, 7) is 4.69. The maximum absolute atomic E-state index is 5.64. The summed E-state index contributed by atoms with van der Waals surface area (Å²) in [7, 11) is 0. The maximum Gasteiger partial charge on any atom is 0.162 e. The summed E-state index contributed by atoms with van der Waals surface area (Å²) in [4.78, 5) is 1.59. The van der Waals surface area contributed by atoms with Crippen molar-refractivity contribution in [2.45, 2.75) is 25.8 Å². The molecule has 1 aromatic rings. The third kappa shape index (κ3) is 5.43. The van der Waals surface area contributed by atoms with Crippen molar-refractivity contribution in [2.24, 2.45) is 5.92 Å². The zero-order valence-corrected chi connectivity index (χ0v) is 10.7. The van der Waals surface area contributed by atoms with E-state index in [1.165, 1.54) is 19.2 Å². The van der Waals surface area contributed by atoms with Crippen LogP contribution in [0.2, 0.25) is 0 Å². The number of nitrogens with one attached hydrogen (secondary N) is 1. The van der Waals surface area contributed by atoms with E-state index in [2.05, 4.69) is 20.7 Å². The van der Waals surface area contributed by atoms with Crippen LogP contribution in [0.4, 0.5) is 0 Å². The lowest BCUT2D eigenvalue weighted by Crippen LogP contribution is -2.32. The van der Waals surface area contributed by atoms with E-state index in [0.29, 0.717) is 5.92 Å². The molecule has 6 nitrogen and oxygen atoms in total. The Morgan fingerprint density at radius 1 is 1.47 bits per heavy atom. The van der Waals surface area contributed by atoms with Crippen LogP contribution < -0.4 is 5.32 Å². The number of rotatable bonds is 6. The third-order valence-electron chi connectivity index (χ3n) is 2.79. The van der Waals surface area contributed by atoms with Crippen LogP contribution in [0.15, 0.2) is 6.33 Å². The van der Waals surface area contributed by atoms with Gasteiger partial charge in [0, 0.05) is 13.2 Å². The molecule has 0 spiro atoms. The molecule has 1 N–H and O–H groups in total. The van der Waals surface area contributed by atoms with Crippen molar-refractivity contribution in [1.29, 1.82) is 0 Å². The number of hydrogen-bond donors (Lipinski definition) is 1. The van der Waals surface area contributed by atoms with Crippen LogP contribution in [-0.4, -0.2) is 46.5 Å². The average Bonchev–Trinajstić information content (AvgIpc) is 2.83. The molecule has 1 aromatic heterocycles. The molecule has 0 amide bonds. The molecule has 1 saturated heterocycles. The quantitative estimate of drug-likeness (QED) is 0.756. The van der Waals surface area contributed by atoms with E-state index in [1.54, 1.807) is 4.80 Å². The molecular weight excluding hydrogens is 242 g/mol. The summed E-state index contributed by atoms with van der Waals surface area (Å²) in [6, 6.07) is 0. The van der Waals surface area contributed by atoms with Gasteiger partial charge < -0.3 is 10.1 Å². The zero-order valence-electron chi connectivity index (χ0n) is 9.92. The predicted molar refractivity (Wildman–Crippen MR) is 66.1 cm³/mol. The minimum absolute atomic E-state index is 0. The minimum Gasteiger partial charge on any atom is -0.381 e. The first-order valence-corrected chi connectivity index (χ1v) is 5.94. The topological polar surface area (TPSA) is 64.9 Å². The van der Waals surface area contributed by atoms with Crippen LogP contribution in [0.25, 0.3) is 0 Å². The number of aromatic nitrogens is 4. The Balaban J connectivity index is 0.00000144. The molecule has 7 heteroatoms. The first-order chi connectivity index (χ1) is 7.95. The van der Waals surface area contributed by atoms with E-state index in [4.69, 9.17) is 4.74 Å². The summed E-state index contributed by atoms with van der Waals surface area (Å²) in [5.41, 5.74) is 0. The van der Waals surface area contributed by atoms with Crippen molar-refractivity contribution >= 4 is 12.4 Å². The van der Waals surface area contributed by atoms with Crippen LogP contribution in [0.3, 0.4) is 0 Å². The number of ether oxygens (including phenoxy) is 1. The SMILES string of the molecule is Cl.c1nnn(CCCOC[C@H]2CCCNC2)n1. The fourth-order valence-corrected chi connectivity index (χ4v) is 1.92. The van der Waals surface area contributed by atoms with Crippen LogP contribution in [-0.2, 0) is 11.3 Å². The van der Waals surface area contributed by atoms with E-state index in [1.807, 2.05) is 0 Å². The molecule has 2 rings (SSSR count). The zero-order chi connectivity index (χ0) is 11.1. The fourth-order valence-electron chi connectivity index (χ4n) is 1.92. The summed E-state index contributed by atoms with van der Waals surface area (Å²) >= 11 is 0. The highest BCUT2D eigenvalue weighted by Gasteiger charge is 2.12. The molecule has 1 aliphatic rings. The normalized spacial score (nSPS) is 19.9. The van der Waals surface area contributed by atoms with Gasteiger partial charge in [0.05, 0.1) is 13.2 Å². The standard InChI is InChI=1S/C10H19N5O.ClH/c1-3-10(7-11-4-1)8-16-6-2-5-15-13-9-12-14-15;/h9-11H,1-8H2;1H/t10-;/m0./s1. The lowest BCUT2D eigenvalue weighted by atomic mass is 10.0. The van der Waals surface area contributed by atoms with E-state index in [9.17, 15) is 0 Å². The van der Waals surface area contributed by atoms with Crippen LogP contribution in [0, 0.1) is 5.92 Å². The Hall–Kier alpha value is -0.720. The smallest absolute Gasteiger partial charge is 0.162 e. The molecule has 0 aromatic carbocycles. The largest absolute Gasteiger partial charge is 0.381 e. The Labute approximate surface area is 108 Å². The van der Waals surface area contributed by atoms with Crippen LogP contribution >= 0.6 is 12.4 Å². The number of halogens is 1. The second kappa shape index (κ2) is 8.38. The lowest BCUT2D eigenvalue weighted by molar-refractivity contribution is 0.0849. The van der Waals surface area contributed by atoms with Crippen molar-refractivity contribution in [1.82, 2.24) is 25.5 Å². The van der Waals surface area contributed by atoms with Crippen molar-refractivity contribution in [2.75, 3.05) is 26.3 Å². The van der Waals surface area contributed by atoms with Gasteiger partial charge in [-0.05, 0) is 36.9 Å². The summed E-state index contributed by atoms with van der Waals surface area (Å²) < 4.78 is 5.64. The Morgan fingerprint density at radius 2 is 2.41 bits per heavy atom. The third-order valence-corrected chi connectivity index (χ3v) is 2.79. The molecule has 0 unspecified atom stereocenters. The highest BCUT2D eigenvalue weighted by atomic mass is 35.5. The molecule has 1 aliphatic heterocycles. The highest BCUT2D eigenvalue weighted by Crippen LogP contribution is 2.09. The molecule has 17 heavy (non-hydrogen) atoms. The Kier molecular flexibility index (Phi) is 7.07. The summed E-state index contributed by atoms with van der Waals surface area (Å²) in [5, 5.41) is 14.8. The van der Waals surface area contributed by atoms with Crippen LogP contribution in [0.5, 0.6) is 0 Å². The van der Waals surface area contributed by atoms with Gasteiger partial charge in [-0.1, -0.05) is 0 Å². The van der Waals surface area contributed by atoms with Gasteiger partial charge in [-0.3, -0.25) is 0 Å². The highest BCUT2D eigenvalue weighted by molar-refractivity contribution is 5.85. The molecule has 0 radical (unpaired) electrons. The number of aryl methyl sites for hydroxylation is 1. The summed E-state index contributed by atoms with van der Waals surface area (Å²) in [6.07, 6.45) is 4.96. The maximum atomic E-state index is 5.64. The molecule has 0 aliphatic carbocycles. The van der Waals surface area contributed by atoms with E-state index in [0.717, 1.165) is 39.3 Å². The molecular formula is C10H20ClN5O. The van der Waals surface area contributed by atoms with Crippen molar-refractivity contribution < 1.29 is 4.74 Å². The Bertz CT molecular complexity index is 276. The van der Waals surface area contributed by atoms with Crippen LogP contribution in [0.1, 0.15) is 19.3 Å². The van der Waals surface area contributed by atoms with Crippen molar-refractivity contribution in [3.63, 3.8) is 0 Å². The number of hydrogen-bond acceptors (Lipinski definition) is 5. The van der Waals surface area contributed by atoms with Gasteiger partial charge in [-0.15, -0.1) is 22.6 Å². The van der Waals surface area contributed by atoms with Gasteiger partial charge in [0.15, 0.2) is 6.33 Å². The molecule has 1 atom stereocenters. The van der Waals surface area contributed by atoms with Gasteiger partial charge in [0.25, 0.3) is 0 Å². The molecule has 0 bridgehead atoms. The minimum atomic E-state index is 0. The number of piperidine rings is 1. The first-order valence-electron chi connectivity index (χ1n) is 5.94.